The van der Waals surface area contributed by atoms with Gasteiger partial charge < -0.3 is 0 Å². The molecule has 1 atom stereocenters. The molecule has 0 aromatic carbocycles. The highest BCUT2D eigenvalue weighted by molar-refractivity contribution is 8.01. The average Bonchev–Trinajstić information content (AvgIpc) is 1.82. The Morgan fingerprint density at radius 1 is 1.27 bits per heavy atom. The molecule has 0 aliphatic heterocycles. The first kappa shape index (κ1) is 10.8. The molecule has 1 unspecified atom stereocenters. The number of rotatable bonds is 1. The van der Waals surface area contributed by atoms with Crippen molar-refractivity contribution in [2.45, 2.75) is 39.4 Å². The molecule has 0 fully saturated rings. The van der Waals surface area contributed by atoms with Gasteiger partial charge in [0, 0.05) is 10.7 Å². The van der Waals surface area contributed by atoms with Crippen LogP contribution in [0.4, 0.5) is 0 Å². The highest BCUT2D eigenvalue weighted by atomic mass is 32.2. The van der Waals surface area contributed by atoms with Crippen LogP contribution in [-0.4, -0.2) is 14.1 Å². The van der Waals surface area contributed by atoms with Gasteiger partial charge in [0.1, 0.15) is 0 Å². The zero-order chi connectivity index (χ0) is 9.23. The van der Waals surface area contributed by atoms with E-state index >= 15 is 0 Å². The molecule has 0 saturated heterocycles. The fourth-order valence-corrected chi connectivity index (χ4v) is 1.55. The Bertz CT molecular complexity index is 177. The van der Waals surface area contributed by atoms with Gasteiger partial charge in [0.05, 0.1) is 10.8 Å². The Kier molecular flexibility index (Phi) is 3.42. The van der Waals surface area contributed by atoms with Gasteiger partial charge >= 0.3 is 0 Å². The van der Waals surface area contributed by atoms with Crippen LogP contribution in [0.25, 0.3) is 0 Å². The maximum atomic E-state index is 11.4. The summed E-state index contributed by atoms with van der Waals surface area (Å²) in [6.07, 6.45) is 0. The zero-order valence-electron chi connectivity index (χ0n) is 7.80. The van der Waals surface area contributed by atoms with E-state index in [-0.39, 0.29) is 11.0 Å². The zero-order valence-corrected chi connectivity index (χ0v) is 8.62. The highest BCUT2D eigenvalue weighted by Crippen LogP contribution is 2.15. The smallest absolute Gasteiger partial charge is 0.221 e. The quantitative estimate of drug-likeness (QED) is 0.609. The maximum Gasteiger partial charge on any atom is 0.221 e. The normalized spacial score (nSPS) is 15.1. The summed E-state index contributed by atoms with van der Waals surface area (Å²) < 4.78 is 11.0. The van der Waals surface area contributed by atoms with Gasteiger partial charge in [-0.25, -0.2) is 0 Å². The van der Waals surface area contributed by atoms with Crippen molar-refractivity contribution in [3.05, 3.63) is 0 Å². The lowest BCUT2D eigenvalue weighted by molar-refractivity contribution is -0.114. The summed E-state index contributed by atoms with van der Waals surface area (Å²) in [5, 5.41) is -0.155. The van der Waals surface area contributed by atoms with Crippen LogP contribution in [0.2, 0.25) is 0 Å². The molecule has 2 nitrogen and oxygen atoms in total. The molecule has 0 aromatic rings. The second-order valence-electron chi connectivity index (χ2n) is 3.85. The molecule has 11 heavy (non-hydrogen) atoms. The fourth-order valence-electron chi connectivity index (χ4n) is 0.516. The van der Waals surface area contributed by atoms with Gasteiger partial charge in [0.25, 0.3) is 0 Å². The van der Waals surface area contributed by atoms with Crippen molar-refractivity contribution in [2.75, 3.05) is 0 Å². The molecule has 0 spiro atoms. The van der Waals surface area contributed by atoms with Gasteiger partial charge in [-0.3, -0.25) is 9.00 Å². The Labute approximate surface area is 70.8 Å². The molecule has 0 bridgehead atoms. The molecule has 0 rings (SSSR count). The predicted molar refractivity (Wildman–Crippen MR) is 47.7 cm³/mol. The van der Waals surface area contributed by atoms with E-state index in [2.05, 4.69) is 0 Å². The summed E-state index contributed by atoms with van der Waals surface area (Å²) in [6, 6.07) is 0. The van der Waals surface area contributed by atoms with Crippen molar-refractivity contribution in [2.24, 2.45) is 5.92 Å². The molecule has 0 radical (unpaired) electrons. The minimum Gasteiger partial charge on any atom is -0.284 e. The Morgan fingerprint density at radius 2 is 1.64 bits per heavy atom. The van der Waals surface area contributed by atoms with Crippen molar-refractivity contribution >= 4 is 15.9 Å². The van der Waals surface area contributed by atoms with Crippen molar-refractivity contribution in [1.29, 1.82) is 0 Å². The monoisotopic (exact) mass is 176 g/mol. The summed E-state index contributed by atoms with van der Waals surface area (Å²) in [5.41, 5.74) is 0. The van der Waals surface area contributed by atoms with E-state index in [1.165, 1.54) is 0 Å². The van der Waals surface area contributed by atoms with Crippen LogP contribution in [-0.2, 0) is 15.6 Å². The maximum absolute atomic E-state index is 11.4. The first-order chi connectivity index (χ1) is 4.76. The Morgan fingerprint density at radius 3 is 1.73 bits per heavy atom. The molecule has 0 aliphatic rings. The van der Waals surface area contributed by atoms with Crippen LogP contribution < -0.4 is 0 Å². The molecule has 0 saturated carbocycles. The van der Waals surface area contributed by atoms with Crippen LogP contribution in [0.15, 0.2) is 0 Å². The van der Waals surface area contributed by atoms with Gasteiger partial charge in [-0.2, -0.15) is 0 Å². The van der Waals surface area contributed by atoms with Gasteiger partial charge in [-0.1, -0.05) is 13.8 Å². The van der Waals surface area contributed by atoms with Crippen LogP contribution >= 0.6 is 0 Å². The summed E-state index contributed by atoms with van der Waals surface area (Å²) in [6.45, 7) is 8.97. The molecule has 0 heterocycles. The standard InChI is InChI=1S/C8H16O2S/c1-6(2)7(9)11(10)8(3,4)5/h6H,1-5H3. The minimum atomic E-state index is -1.35. The van der Waals surface area contributed by atoms with Gasteiger partial charge in [-0.05, 0) is 20.8 Å². The Hall–Kier alpha value is -0.180. The summed E-state index contributed by atoms with van der Waals surface area (Å²) in [5.74, 6) is -0.130. The largest absolute Gasteiger partial charge is 0.284 e. The summed E-state index contributed by atoms with van der Waals surface area (Å²) >= 11 is 0. The molecular formula is C8H16O2S. The second kappa shape index (κ2) is 3.48. The van der Waals surface area contributed by atoms with Gasteiger partial charge in [-0.15, -0.1) is 0 Å². The van der Waals surface area contributed by atoms with E-state index in [9.17, 15) is 9.00 Å². The van der Waals surface area contributed by atoms with E-state index in [1.54, 1.807) is 13.8 Å². The lowest BCUT2D eigenvalue weighted by Gasteiger charge is -2.17. The average molecular weight is 176 g/mol. The van der Waals surface area contributed by atoms with Crippen molar-refractivity contribution in [3.63, 3.8) is 0 Å². The van der Waals surface area contributed by atoms with Crippen molar-refractivity contribution < 1.29 is 9.00 Å². The molecule has 66 valence electrons. The predicted octanol–water partition coefficient (Wildman–Crippen LogP) is 1.72. The van der Waals surface area contributed by atoms with E-state index in [0.29, 0.717) is 0 Å². The molecule has 3 heteroatoms. The van der Waals surface area contributed by atoms with Crippen LogP contribution in [0.1, 0.15) is 34.6 Å². The summed E-state index contributed by atoms with van der Waals surface area (Å²) in [4.78, 5) is 11.2. The van der Waals surface area contributed by atoms with Crippen molar-refractivity contribution in [1.82, 2.24) is 0 Å². The third-order valence-electron chi connectivity index (χ3n) is 1.21. The Balaban J connectivity index is 4.40. The minimum absolute atomic E-state index is 0.130. The highest BCUT2D eigenvalue weighted by Gasteiger charge is 2.27. The molecule has 0 aromatic heterocycles. The second-order valence-corrected chi connectivity index (χ2v) is 6.02. The number of carbonyl (C=O) groups excluding carboxylic acids is 1. The summed E-state index contributed by atoms with van der Waals surface area (Å²) in [7, 11) is -1.35. The lowest BCUT2D eigenvalue weighted by atomic mass is 10.2. The third-order valence-corrected chi connectivity index (χ3v) is 3.16. The topological polar surface area (TPSA) is 34.1 Å². The van der Waals surface area contributed by atoms with Crippen molar-refractivity contribution in [3.8, 4) is 0 Å². The lowest BCUT2D eigenvalue weighted by Crippen LogP contribution is -2.30. The number of hydrogen-bond acceptors (Lipinski definition) is 2. The van der Waals surface area contributed by atoms with Crippen LogP contribution in [0, 0.1) is 5.92 Å². The van der Waals surface area contributed by atoms with E-state index in [4.69, 9.17) is 0 Å². The number of hydrogen-bond donors (Lipinski definition) is 0. The molecular weight excluding hydrogens is 160 g/mol. The van der Waals surface area contributed by atoms with E-state index < -0.39 is 15.5 Å². The first-order valence-corrected chi connectivity index (χ1v) is 4.87. The molecule has 0 aliphatic carbocycles. The molecule has 0 amide bonds. The number of carbonyl (C=O) groups is 1. The van der Waals surface area contributed by atoms with Crippen LogP contribution in [0.3, 0.4) is 0 Å². The van der Waals surface area contributed by atoms with Crippen LogP contribution in [0.5, 0.6) is 0 Å². The third kappa shape index (κ3) is 3.14. The van der Waals surface area contributed by atoms with Gasteiger partial charge in [0.2, 0.25) is 5.12 Å². The van der Waals surface area contributed by atoms with Gasteiger partial charge in [0.15, 0.2) is 0 Å². The van der Waals surface area contributed by atoms with E-state index in [1.807, 2.05) is 20.8 Å². The first-order valence-electron chi connectivity index (χ1n) is 3.72. The fraction of sp³-hybridized carbons (Fsp3) is 0.875. The molecule has 0 N–H and O–H groups in total. The van der Waals surface area contributed by atoms with E-state index in [0.717, 1.165) is 0 Å². The SMILES string of the molecule is CC(C)C(=O)S(=O)C(C)(C)C.